The summed E-state index contributed by atoms with van der Waals surface area (Å²) in [5.41, 5.74) is 6.15. The Hall–Kier alpha value is -2.35. The molecule has 0 atom stereocenters. The highest BCUT2D eigenvalue weighted by molar-refractivity contribution is 6.32. The molecule has 1 heterocycles. The number of hydrogen-bond donors (Lipinski definition) is 2. The number of nitrogens with two attached hydrogens (primary N) is 1. The number of nitrogens with one attached hydrogen (secondary N) is 1. The molecule has 110 valence electrons. The van der Waals surface area contributed by atoms with Crippen LogP contribution in [0.15, 0.2) is 42.7 Å². The molecule has 7 nitrogen and oxygen atoms in total. The van der Waals surface area contributed by atoms with Gasteiger partial charge in [-0.15, -0.1) is 0 Å². The predicted octanol–water partition coefficient (Wildman–Crippen LogP) is -0.455. The van der Waals surface area contributed by atoms with Crippen LogP contribution in [0, 0.1) is 0 Å². The van der Waals surface area contributed by atoms with E-state index >= 15 is 0 Å². The van der Waals surface area contributed by atoms with Crippen molar-refractivity contribution >= 4 is 23.3 Å². The number of aromatic amines is 1. The van der Waals surface area contributed by atoms with Crippen LogP contribution in [-0.4, -0.2) is 22.0 Å². The highest BCUT2D eigenvalue weighted by Crippen LogP contribution is 2.20. The van der Waals surface area contributed by atoms with Gasteiger partial charge in [0.15, 0.2) is 12.4 Å². The largest absolute Gasteiger partial charge is 0.871 e. The zero-order chi connectivity index (χ0) is 13.5. The molecular weight excluding hydrogens is 288 g/mol. The van der Waals surface area contributed by atoms with Crippen LogP contribution in [0.2, 0.25) is 5.02 Å². The molecule has 0 unspecified atom stereocenters. The molecule has 2 rings (SSSR count). The minimum absolute atomic E-state index is 0. The monoisotopic (exact) mass is 302 g/mol. The van der Waals surface area contributed by atoms with E-state index in [1.165, 1.54) is 6.07 Å². The molecule has 0 amide bonds. The zero-order valence-electron chi connectivity index (χ0n) is 10.3. The number of carboxylic acids is 1. The number of benzene rings is 1. The van der Waals surface area contributed by atoms with Crippen molar-refractivity contribution in [1.29, 1.82) is 0 Å². The van der Waals surface area contributed by atoms with Crippen molar-refractivity contribution in [3.05, 3.63) is 53.3 Å². The molecule has 20 heavy (non-hydrogen) atoms. The Balaban J connectivity index is 0. The second kappa shape index (κ2) is 9.56. The van der Waals surface area contributed by atoms with Crippen molar-refractivity contribution in [3.63, 3.8) is 0 Å². The van der Waals surface area contributed by atoms with Crippen LogP contribution in [-0.2, 0) is 0 Å². The van der Waals surface area contributed by atoms with E-state index < -0.39 is 5.97 Å². The summed E-state index contributed by atoms with van der Waals surface area (Å²) in [6, 6.07) is 7.09. The van der Waals surface area contributed by atoms with Crippen molar-refractivity contribution in [2.24, 2.45) is 0 Å². The van der Waals surface area contributed by atoms with E-state index in [1.807, 2.05) is 0 Å². The second-order valence-electron chi connectivity index (χ2n) is 3.28. The van der Waals surface area contributed by atoms with Crippen molar-refractivity contribution in [2.45, 2.75) is 0 Å². The lowest BCUT2D eigenvalue weighted by molar-refractivity contribution is -0.377. The fourth-order valence-electron chi connectivity index (χ4n) is 1.03. The topological polar surface area (TPSA) is 164 Å². The maximum absolute atomic E-state index is 10.7. The molecule has 1 aromatic carbocycles. The Kier molecular flexibility index (Phi) is 9.55. The van der Waals surface area contributed by atoms with Gasteiger partial charge in [-0.05, 0) is 12.1 Å². The molecule has 0 radical (unpaired) electrons. The lowest BCUT2D eigenvalue weighted by atomic mass is 10.2. The molecule has 8 N–H and O–H groups in total. The van der Waals surface area contributed by atoms with E-state index in [2.05, 4.69) is 4.98 Å². The van der Waals surface area contributed by atoms with Gasteiger partial charge in [-0.2, -0.15) is 0 Å². The first-order valence-corrected chi connectivity index (χ1v) is 5.30. The number of pyridine rings is 1. The normalized spacial score (nSPS) is 8.25. The highest BCUT2D eigenvalue weighted by atomic mass is 35.5. The fourth-order valence-corrected chi connectivity index (χ4v) is 1.21. The summed E-state index contributed by atoms with van der Waals surface area (Å²) in [5, 5.41) is 19.0. The number of halogens is 1. The number of aromatic carboxylic acids is 1. The van der Waals surface area contributed by atoms with Gasteiger partial charge in [0.2, 0.25) is 0 Å². The summed E-state index contributed by atoms with van der Waals surface area (Å²) in [5.74, 6) is -1.46. The summed E-state index contributed by atoms with van der Waals surface area (Å²) in [7, 11) is 0. The third kappa shape index (κ3) is 6.55. The molecule has 0 spiro atoms. The van der Waals surface area contributed by atoms with Crippen molar-refractivity contribution in [2.75, 3.05) is 5.73 Å². The van der Waals surface area contributed by atoms with Crippen LogP contribution < -0.4 is 15.8 Å². The van der Waals surface area contributed by atoms with Gasteiger partial charge in [0.05, 0.1) is 5.56 Å². The summed E-state index contributed by atoms with van der Waals surface area (Å²) in [6.07, 6.45) is 3.57. The lowest BCUT2D eigenvalue weighted by Crippen LogP contribution is -1.97. The fraction of sp³-hybridized carbons (Fsp3) is 0. The Labute approximate surface area is 119 Å². The Morgan fingerprint density at radius 1 is 1.20 bits per heavy atom. The molecule has 0 aliphatic rings. The molecular formula is C12H15ClN2O5. The number of hydrogen-bond acceptors (Lipinski definition) is 3. The standard InChI is InChI=1S/C7H5ClO3.C5H6N2.2H2O/c8-5-3-4(7(10)11)1-2-6(5)9;6-5-1-3-7-4-2-5;;/h1-3,9H,(H,10,11);1-4H,(H2,6,7);2*1H2. The molecule has 0 bridgehead atoms. The SMILES string of the molecule is Nc1cc[nH+]cc1.O.O.O=C(O)c1ccc([O-])c(Cl)c1. The first-order valence-electron chi connectivity index (χ1n) is 4.92. The summed E-state index contributed by atoms with van der Waals surface area (Å²) in [6.45, 7) is 0. The minimum Gasteiger partial charge on any atom is -0.871 e. The number of H-pyrrole nitrogens is 1. The molecule has 0 aliphatic heterocycles. The quantitative estimate of drug-likeness (QED) is 0.728. The number of nitrogen functional groups attached to an aromatic ring is 1. The number of rotatable bonds is 1. The molecule has 0 saturated carbocycles. The van der Waals surface area contributed by atoms with E-state index in [1.54, 1.807) is 24.5 Å². The Bertz CT molecular complexity index is 537. The van der Waals surface area contributed by atoms with Gasteiger partial charge < -0.3 is 26.9 Å². The maximum atomic E-state index is 10.7. The number of aromatic nitrogens is 1. The van der Waals surface area contributed by atoms with Crippen molar-refractivity contribution < 1.29 is 30.9 Å². The van der Waals surface area contributed by atoms with Crippen LogP contribution >= 0.6 is 11.6 Å². The van der Waals surface area contributed by atoms with Gasteiger partial charge in [0.25, 0.3) is 0 Å². The van der Waals surface area contributed by atoms with Crippen molar-refractivity contribution in [3.8, 4) is 5.75 Å². The van der Waals surface area contributed by atoms with Crippen LogP contribution in [0.1, 0.15) is 10.4 Å². The average Bonchev–Trinajstić information content (AvgIpc) is 2.34. The van der Waals surface area contributed by atoms with Crippen LogP contribution in [0.25, 0.3) is 0 Å². The third-order valence-electron chi connectivity index (χ3n) is 1.92. The number of carboxylic acid groups (broad SMARTS) is 1. The van der Waals surface area contributed by atoms with Crippen LogP contribution in [0.5, 0.6) is 5.75 Å². The van der Waals surface area contributed by atoms with E-state index in [9.17, 15) is 9.90 Å². The average molecular weight is 303 g/mol. The summed E-state index contributed by atoms with van der Waals surface area (Å²) < 4.78 is 0. The Morgan fingerprint density at radius 3 is 2.10 bits per heavy atom. The van der Waals surface area contributed by atoms with Gasteiger partial charge >= 0.3 is 5.97 Å². The van der Waals surface area contributed by atoms with Crippen molar-refractivity contribution in [1.82, 2.24) is 0 Å². The Morgan fingerprint density at radius 2 is 1.75 bits per heavy atom. The van der Waals surface area contributed by atoms with E-state index in [0.29, 0.717) is 0 Å². The number of anilines is 1. The lowest BCUT2D eigenvalue weighted by Gasteiger charge is -2.06. The number of carbonyl (C=O) groups is 1. The van der Waals surface area contributed by atoms with Crippen LogP contribution in [0.4, 0.5) is 5.69 Å². The second-order valence-corrected chi connectivity index (χ2v) is 3.69. The molecule has 8 heteroatoms. The molecule has 1 aromatic heterocycles. The smallest absolute Gasteiger partial charge is 0.335 e. The van der Waals surface area contributed by atoms with E-state index in [4.69, 9.17) is 22.4 Å². The molecule has 2 aromatic rings. The van der Waals surface area contributed by atoms with Gasteiger partial charge in [0.1, 0.15) is 0 Å². The zero-order valence-corrected chi connectivity index (χ0v) is 11.0. The van der Waals surface area contributed by atoms with E-state index in [0.717, 1.165) is 17.8 Å². The van der Waals surface area contributed by atoms with Gasteiger partial charge in [-0.25, -0.2) is 9.78 Å². The maximum Gasteiger partial charge on any atom is 0.335 e. The van der Waals surface area contributed by atoms with Gasteiger partial charge in [0, 0.05) is 22.8 Å². The van der Waals surface area contributed by atoms with Crippen LogP contribution in [0.3, 0.4) is 0 Å². The first-order chi connectivity index (χ1) is 8.50. The predicted molar refractivity (Wildman–Crippen MR) is 72.5 cm³/mol. The first kappa shape index (κ1) is 20.0. The summed E-state index contributed by atoms with van der Waals surface area (Å²) in [4.78, 5) is 13.2. The minimum atomic E-state index is -1.09. The summed E-state index contributed by atoms with van der Waals surface area (Å²) >= 11 is 5.38. The molecule has 0 saturated heterocycles. The highest BCUT2D eigenvalue weighted by Gasteiger charge is 2.01. The van der Waals surface area contributed by atoms with E-state index in [-0.39, 0.29) is 27.3 Å². The molecule has 0 fully saturated rings. The third-order valence-corrected chi connectivity index (χ3v) is 2.22. The molecule has 0 aliphatic carbocycles. The van der Waals surface area contributed by atoms with Gasteiger partial charge in [-0.3, -0.25) is 0 Å². The van der Waals surface area contributed by atoms with Gasteiger partial charge in [-0.1, -0.05) is 23.4 Å².